The summed E-state index contributed by atoms with van der Waals surface area (Å²) < 4.78 is 0. The van der Waals surface area contributed by atoms with Gasteiger partial charge in [-0.1, -0.05) is 30.3 Å². The lowest BCUT2D eigenvalue weighted by Gasteiger charge is -1.98. The van der Waals surface area contributed by atoms with Gasteiger partial charge in [-0.25, -0.2) is 4.98 Å². The van der Waals surface area contributed by atoms with Crippen LogP contribution in [0.25, 0.3) is 22.2 Å². The first-order valence-corrected chi connectivity index (χ1v) is 5.13. The Hall–Kier alpha value is -2.29. The van der Waals surface area contributed by atoms with Crippen molar-refractivity contribution in [2.45, 2.75) is 0 Å². The van der Waals surface area contributed by atoms with Gasteiger partial charge in [0.15, 0.2) is 0 Å². The molecule has 0 fully saturated rings. The molecule has 0 saturated heterocycles. The van der Waals surface area contributed by atoms with Crippen molar-refractivity contribution in [1.29, 1.82) is 0 Å². The molecule has 3 nitrogen and oxygen atoms in total. The number of aromatic nitrogens is 2. The first kappa shape index (κ1) is 8.97. The van der Waals surface area contributed by atoms with Gasteiger partial charge in [0, 0.05) is 17.1 Å². The maximum Gasteiger partial charge on any atom is 0.140 e. The van der Waals surface area contributed by atoms with Crippen molar-refractivity contribution < 1.29 is 0 Å². The van der Waals surface area contributed by atoms with Gasteiger partial charge in [-0.05, 0) is 17.7 Å². The van der Waals surface area contributed by atoms with Crippen molar-refractivity contribution in [3.63, 3.8) is 0 Å². The fraction of sp³-hybridized carbons (Fsp3) is 0. The lowest BCUT2D eigenvalue weighted by molar-refractivity contribution is 1.33. The smallest absolute Gasteiger partial charge is 0.140 e. The number of pyridine rings is 1. The van der Waals surface area contributed by atoms with Crippen LogP contribution >= 0.6 is 0 Å². The van der Waals surface area contributed by atoms with E-state index in [-0.39, 0.29) is 0 Å². The van der Waals surface area contributed by atoms with Crippen LogP contribution in [0.1, 0.15) is 0 Å². The molecule has 0 aliphatic rings. The molecule has 1 aromatic carbocycles. The van der Waals surface area contributed by atoms with E-state index in [0.29, 0.717) is 5.82 Å². The third kappa shape index (κ3) is 1.34. The number of fused-ring (bicyclic) bond motifs is 1. The second kappa shape index (κ2) is 3.38. The molecule has 3 heteroatoms. The molecule has 0 spiro atoms. The second-order valence-electron chi connectivity index (χ2n) is 3.70. The molecular formula is C13H11N3. The average Bonchev–Trinajstić information content (AvgIpc) is 2.73. The molecule has 3 aromatic rings. The predicted octanol–water partition coefficient (Wildman–Crippen LogP) is 2.81. The van der Waals surface area contributed by atoms with Gasteiger partial charge in [0.1, 0.15) is 11.5 Å². The van der Waals surface area contributed by atoms with E-state index in [1.807, 2.05) is 36.5 Å². The molecule has 0 unspecified atom stereocenters. The van der Waals surface area contributed by atoms with E-state index in [4.69, 9.17) is 5.73 Å². The summed E-state index contributed by atoms with van der Waals surface area (Å²) in [6.45, 7) is 0. The summed E-state index contributed by atoms with van der Waals surface area (Å²) in [7, 11) is 0. The molecule has 0 aliphatic heterocycles. The highest BCUT2D eigenvalue weighted by molar-refractivity contribution is 5.94. The summed E-state index contributed by atoms with van der Waals surface area (Å²) in [6.07, 6.45) is 1.96. The number of anilines is 1. The highest BCUT2D eigenvalue weighted by Gasteiger charge is 2.06. The summed E-state index contributed by atoms with van der Waals surface area (Å²) in [5, 5.41) is 1.10. The summed E-state index contributed by atoms with van der Waals surface area (Å²) >= 11 is 0. The summed E-state index contributed by atoms with van der Waals surface area (Å²) in [5.41, 5.74) is 8.81. The van der Waals surface area contributed by atoms with Crippen LogP contribution in [0, 0.1) is 0 Å². The topological polar surface area (TPSA) is 54.7 Å². The van der Waals surface area contributed by atoms with Crippen LogP contribution in [-0.4, -0.2) is 9.97 Å². The molecule has 16 heavy (non-hydrogen) atoms. The number of rotatable bonds is 1. The van der Waals surface area contributed by atoms with E-state index >= 15 is 0 Å². The van der Waals surface area contributed by atoms with E-state index in [1.54, 1.807) is 0 Å². The largest absolute Gasteiger partial charge is 0.384 e. The van der Waals surface area contributed by atoms with Crippen LogP contribution in [0.4, 0.5) is 5.82 Å². The lowest BCUT2D eigenvalue weighted by atomic mass is 10.1. The molecule has 78 valence electrons. The molecular weight excluding hydrogens is 198 g/mol. The number of nitrogens with one attached hydrogen (secondary N) is 1. The summed E-state index contributed by atoms with van der Waals surface area (Å²) in [5.74, 6) is 0.536. The SMILES string of the molecule is Nc1ccc2c(-c3ccccc3)c[nH]c2n1. The standard InChI is InChI=1S/C13H11N3/c14-12-7-6-10-11(8-15-13(10)16-12)9-4-2-1-3-5-9/h1-8H,(H3,14,15,16). The van der Waals surface area contributed by atoms with Crippen molar-refractivity contribution in [1.82, 2.24) is 9.97 Å². The predicted molar refractivity (Wildman–Crippen MR) is 65.9 cm³/mol. The number of nitrogens with zero attached hydrogens (tertiary/aromatic N) is 1. The van der Waals surface area contributed by atoms with E-state index < -0.39 is 0 Å². The molecule has 0 atom stereocenters. The van der Waals surface area contributed by atoms with Gasteiger partial charge in [-0.2, -0.15) is 0 Å². The number of benzene rings is 1. The van der Waals surface area contributed by atoms with Gasteiger partial charge >= 0.3 is 0 Å². The highest BCUT2D eigenvalue weighted by Crippen LogP contribution is 2.27. The quantitative estimate of drug-likeness (QED) is 0.647. The fourth-order valence-corrected chi connectivity index (χ4v) is 1.88. The maximum atomic E-state index is 5.64. The molecule has 2 heterocycles. The molecule has 0 saturated carbocycles. The van der Waals surface area contributed by atoms with E-state index in [1.165, 1.54) is 5.56 Å². The van der Waals surface area contributed by atoms with Crippen molar-refractivity contribution >= 4 is 16.9 Å². The first-order chi connectivity index (χ1) is 7.84. The Morgan fingerprint density at radius 2 is 1.81 bits per heavy atom. The minimum atomic E-state index is 0.536. The third-order valence-corrected chi connectivity index (χ3v) is 2.64. The first-order valence-electron chi connectivity index (χ1n) is 5.13. The molecule has 0 radical (unpaired) electrons. The zero-order valence-electron chi connectivity index (χ0n) is 8.64. The molecule has 0 amide bonds. The highest BCUT2D eigenvalue weighted by atomic mass is 14.9. The van der Waals surface area contributed by atoms with Crippen molar-refractivity contribution in [2.75, 3.05) is 5.73 Å². The molecule has 2 aromatic heterocycles. The van der Waals surface area contributed by atoms with E-state index in [9.17, 15) is 0 Å². The van der Waals surface area contributed by atoms with Gasteiger partial charge in [-0.15, -0.1) is 0 Å². The van der Waals surface area contributed by atoms with Crippen LogP contribution in [0.2, 0.25) is 0 Å². The van der Waals surface area contributed by atoms with Crippen molar-refractivity contribution in [3.05, 3.63) is 48.7 Å². The van der Waals surface area contributed by atoms with Crippen LogP contribution in [0.3, 0.4) is 0 Å². The molecule has 0 bridgehead atoms. The van der Waals surface area contributed by atoms with Crippen LogP contribution in [0.15, 0.2) is 48.7 Å². The fourth-order valence-electron chi connectivity index (χ4n) is 1.88. The Morgan fingerprint density at radius 1 is 1.00 bits per heavy atom. The Bertz CT molecular complexity index is 626. The van der Waals surface area contributed by atoms with Gasteiger partial charge in [0.25, 0.3) is 0 Å². The Morgan fingerprint density at radius 3 is 2.62 bits per heavy atom. The molecule has 3 rings (SSSR count). The molecule has 0 aliphatic carbocycles. The van der Waals surface area contributed by atoms with Crippen LogP contribution in [-0.2, 0) is 0 Å². The zero-order valence-corrected chi connectivity index (χ0v) is 8.64. The van der Waals surface area contributed by atoms with Gasteiger partial charge in [-0.3, -0.25) is 0 Å². The zero-order chi connectivity index (χ0) is 11.0. The number of aromatic amines is 1. The monoisotopic (exact) mass is 209 g/mol. The van der Waals surface area contributed by atoms with E-state index in [0.717, 1.165) is 16.6 Å². The average molecular weight is 209 g/mol. The summed E-state index contributed by atoms with van der Waals surface area (Å²) in [4.78, 5) is 7.38. The lowest BCUT2D eigenvalue weighted by Crippen LogP contribution is -1.88. The minimum Gasteiger partial charge on any atom is -0.384 e. The van der Waals surface area contributed by atoms with Crippen LogP contribution < -0.4 is 5.73 Å². The van der Waals surface area contributed by atoms with E-state index in [2.05, 4.69) is 22.1 Å². The van der Waals surface area contributed by atoms with Crippen molar-refractivity contribution in [2.24, 2.45) is 0 Å². The summed E-state index contributed by atoms with van der Waals surface area (Å²) in [6, 6.07) is 14.0. The van der Waals surface area contributed by atoms with Crippen molar-refractivity contribution in [3.8, 4) is 11.1 Å². The normalized spacial score (nSPS) is 10.8. The number of hydrogen-bond acceptors (Lipinski definition) is 2. The Labute approximate surface area is 92.9 Å². The number of hydrogen-bond donors (Lipinski definition) is 2. The number of nitrogen functional groups attached to an aromatic ring is 1. The van der Waals surface area contributed by atoms with Crippen LogP contribution in [0.5, 0.6) is 0 Å². The number of H-pyrrole nitrogens is 1. The second-order valence-corrected chi connectivity index (χ2v) is 3.70. The number of nitrogens with two attached hydrogens (primary N) is 1. The van der Waals surface area contributed by atoms with Gasteiger partial charge in [0.05, 0.1) is 0 Å². The molecule has 3 N–H and O–H groups in total. The van der Waals surface area contributed by atoms with Gasteiger partial charge < -0.3 is 10.7 Å². The maximum absolute atomic E-state index is 5.64. The van der Waals surface area contributed by atoms with Gasteiger partial charge in [0.2, 0.25) is 0 Å². The third-order valence-electron chi connectivity index (χ3n) is 2.64. The Balaban J connectivity index is 2.26. The Kier molecular flexibility index (Phi) is 1.90. The minimum absolute atomic E-state index is 0.536.